The van der Waals surface area contributed by atoms with E-state index < -0.39 is 0 Å². The second-order valence-corrected chi connectivity index (χ2v) is 15.8. The number of rotatable bonds is 9. The molecule has 0 atom stereocenters. The summed E-state index contributed by atoms with van der Waals surface area (Å²) >= 11 is 0. The van der Waals surface area contributed by atoms with Gasteiger partial charge >= 0.3 is 0 Å². The smallest absolute Gasteiger partial charge is 0.227 e. The van der Waals surface area contributed by atoms with Crippen molar-refractivity contribution in [1.29, 1.82) is 0 Å². The van der Waals surface area contributed by atoms with Crippen molar-refractivity contribution >= 4 is 77.9 Å². The molecule has 0 fully saturated rings. The predicted molar refractivity (Wildman–Crippen MR) is 262 cm³/mol. The van der Waals surface area contributed by atoms with E-state index in [0.717, 1.165) is 67.4 Å². The van der Waals surface area contributed by atoms with Gasteiger partial charge in [0.1, 0.15) is 11.0 Å². The van der Waals surface area contributed by atoms with E-state index in [1.807, 2.05) is 36.4 Å². The Morgan fingerprint density at radius 1 is 0.281 bits per heavy atom. The summed E-state index contributed by atoms with van der Waals surface area (Å²) in [6.45, 7) is 0. The molecule has 302 valence electrons. The molecule has 0 saturated heterocycles. The van der Waals surface area contributed by atoms with Gasteiger partial charge in [-0.05, 0) is 131 Å². The van der Waals surface area contributed by atoms with Crippen LogP contribution in [0.3, 0.4) is 0 Å². The van der Waals surface area contributed by atoms with E-state index in [4.69, 9.17) is 18.8 Å². The number of fused-ring (bicyclic) bond motifs is 4. The van der Waals surface area contributed by atoms with Gasteiger partial charge in [-0.15, -0.1) is 0 Å². The second-order valence-electron chi connectivity index (χ2n) is 15.8. The Kier molecular flexibility index (Phi) is 9.05. The van der Waals surface area contributed by atoms with E-state index in [1.165, 1.54) is 21.5 Å². The van der Waals surface area contributed by atoms with Gasteiger partial charge in [-0.3, -0.25) is 0 Å². The number of hydrogen-bond donors (Lipinski definition) is 0. The number of benzene rings is 10. The van der Waals surface area contributed by atoms with Crippen LogP contribution < -0.4 is 9.80 Å². The van der Waals surface area contributed by atoms with Gasteiger partial charge < -0.3 is 18.6 Å². The third-order valence-corrected chi connectivity index (χ3v) is 11.9. The van der Waals surface area contributed by atoms with Crippen LogP contribution in [0, 0.1) is 0 Å². The van der Waals surface area contributed by atoms with Gasteiger partial charge in [0.05, 0.1) is 0 Å². The summed E-state index contributed by atoms with van der Waals surface area (Å²) in [6.07, 6.45) is 0. The minimum atomic E-state index is 0.548. The van der Waals surface area contributed by atoms with Crippen LogP contribution in [-0.2, 0) is 0 Å². The standard InChI is InChI=1S/C58H38N4O2/c1-3-17-45(18-4-1)61(49-35-25-39-13-7-9-15-43(39)37-49)47-31-27-41(28-32-47)57-59-55-51(21-11-23-53(55)63-57)52-22-12-24-54-56(52)60-58(64-54)42-29-33-48(34-30-42)62(46-19-5-2-6-20-46)50-36-26-40-14-8-10-16-44(40)38-50/h1-38H. The Labute approximate surface area is 369 Å². The first-order chi connectivity index (χ1) is 31.7. The maximum Gasteiger partial charge on any atom is 0.227 e. The Hall–Kier alpha value is -8.74. The third kappa shape index (κ3) is 6.71. The number of para-hydroxylation sites is 4. The molecule has 64 heavy (non-hydrogen) atoms. The number of aromatic nitrogens is 2. The topological polar surface area (TPSA) is 58.5 Å². The largest absolute Gasteiger partial charge is 0.436 e. The van der Waals surface area contributed by atoms with Crippen LogP contribution >= 0.6 is 0 Å². The molecule has 2 aromatic heterocycles. The summed E-state index contributed by atoms with van der Waals surface area (Å²) in [5, 5.41) is 4.80. The molecule has 0 unspecified atom stereocenters. The van der Waals surface area contributed by atoms with Crippen molar-refractivity contribution in [1.82, 2.24) is 9.97 Å². The predicted octanol–water partition coefficient (Wildman–Crippen LogP) is 16.2. The zero-order valence-corrected chi connectivity index (χ0v) is 34.5. The molecule has 6 heteroatoms. The van der Waals surface area contributed by atoms with Crippen LogP contribution in [0.25, 0.3) is 77.8 Å². The molecule has 12 aromatic rings. The van der Waals surface area contributed by atoms with Gasteiger partial charge in [0.15, 0.2) is 11.2 Å². The minimum absolute atomic E-state index is 0.548. The quantitative estimate of drug-likeness (QED) is 0.145. The van der Waals surface area contributed by atoms with Gasteiger partial charge in [0.2, 0.25) is 11.8 Å². The van der Waals surface area contributed by atoms with Crippen LogP contribution in [0.2, 0.25) is 0 Å². The first-order valence-corrected chi connectivity index (χ1v) is 21.4. The lowest BCUT2D eigenvalue weighted by Gasteiger charge is -2.26. The van der Waals surface area contributed by atoms with Gasteiger partial charge in [0.25, 0.3) is 0 Å². The molecule has 0 amide bonds. The maximum atomic E-state index is 6.46. The Bertz CT molecular complexity index is 3380. The van der Waals surface area contributed by atoms with E-state index in [-0.39, 0.29) is 0 Å². The van der Waals surface area contributed by atoms with Gasteiger partial charge in [0, 0.05) is 56.4 Å². The average molecular weight is 823 g/mol. The molecule has 0 aliphatic heterocycles. The van der Waals surface area contributed by atoms with Crippen molar-refractivity contribution in [3.05, 3.63) is 231 Å². The normalized spacial score (nSPS) is 11.4. The van der Waals surface area contributed by atoms with E-state index in [1.54, 1.807) is 0 Å². The number of anilines is 6. The molecule has 0 N–H and O–H groups in total. The molecule has 0 aliphatic rings. The van der Waals surface area contributed by atoms with Crippen molar-refractivity contribution in [2.45, 2.75) is 0 Å². The third-order valence-electron chi connectivity index (χ3n) is 11.9. The number of hydrogen-bond acceptors (Lipinski definition) is 6. The van der Waals surface area contributed by atoms with Gasteiger partial charge in [-0.1, -0.05) is 121 Å². The zero-order valence-electron chi connectivity index (χ0n) is 34.5. The van der Waals surface area contributed by atoms with Crippen molar-refractivity contribution in [2.24, 2.45) is 0 Å². The van der Waals surface area contributed by atoms with E-state index in [9.17, 15) is 0 Å². The van der Waals surface area contributed by atoms with Crippen molar-refractivity contribution in [3.63, 3.8) is 0 Å². The highest BCUT2D eigenvalue weighted by atomic mass is 16.4. The lowest BCUT2D eigenvalue weighted by Crippen LogP contribution is -2.09. The van der Waals surface area contributed by atoms with Crippen LogP contribution in [0.4, 0.5) is 34.1 Å². The molecular formula is C58H38N4O2. The lowest BCUT2D eigenvalue weighted by atomic mass is 10.0. The highest BCUT2D eigenvalue weighted by molar-refractivity contribution is 6.01. The molecule has 2 heterocycles. The molecule has 6 nitrogen and oxygen atoms in total. The summed E-state index contributed by atoms with van der Waals surface area (Å²) < 4.78 is 12.9. The lowest BCUT2D eigenvalue weighted by molar-refractivity contribution is 0.619. The van der Waals surface area contributed by atoms with Gasteiger partial charge in [-0.25, -0.2) is 9.97 Å². The first-order valence-electron chi connectivity index (χ1n) is 21.4. The van der Waals surface area contributed by atoms with E-state index in [0.29, 0.717) is 22.9 Å². The SMILES string of the molecule is c1ccc(N(c2ccc(-c3nc4c(-c5cccc6oc(-c7ccc(N(c8ccccc8)c8ccc9ccccc9c8)cc7)nc56)cccc4o3)cc2)c2ccc3ccccc3c2)cc1. The summed E-state index contributed by atoms with van der Waals surface area (Å²) in [7, 11) is 0. The Morgan fingerprint density at radius 3 is 1.06 bits per heavy atom. The minimum Gasteiger partial charge on any atom is -0.436 e. The van der Waals surface area contributed by atoms with Crippen molar-refractivity contribution < 1.29 is 8.83 Å². The molecule has 0 spiro atoms. The van der Waals surface area contributed by atoms with Crippen LogP contribution in [-0.4, -0.2) is 9.97 Å². The monoisotopic (exact) mass is 822 g/mol. The summed E-state index contributed by atoms with van der Waals surface area (Å²) in [6, 6.07) is 79.9. The molecule has 10 aromatic carbocycles. The first kappa shape index (κ1) is 37.1. The molecule has 0 radical (unpaired) electrons. The summed E-state index contributed by atoms with van der Waals surface area (Å²) in [5.74, 6) is 1.10. The molecule has 0 aliphatic carbocycles. The zero-order chi connectivity index (χ0) is 42.4. The van der Waals surface area contributed by atoms with Gasteiger partial charge in [-0.2, -0.15) is 0 Å². The highest BCUT2D eigenvalue weighted by Crippen LogP contribution is 2.41. The van der Waals surface area contributed by atoms with Crippen LogP contribution in [0.5, 0.6) is 0 Å². The number of oxazole rings is 2. The highest BCUT2D eigenvalue weighted by Gasteiger charge is 2.20. The molecule has 0 saturated carbocycles. The second kappa shape index (κ2) is 15.6. The average Bonchev–Trinajstić information content (AvgIpc) is 4.01. The molecule has 12 rings (SSSR count). The van der Waals surface area contributed by atoms with E-state index >= 15 is 0 Å². The molecule has 0 bridgehead atoms. The fourth-order valence-corrected chi connectivity index (χ4v) is 8.77. The van der Waals surface area contributed by atoms with Crippen LogP contribution in [0.1, 0.15) is 0 Å². The van der Waals surface area contributed by atoms with E-state index in [2.05, 4.69) is 204 Å². The van der Waals surface area contributed by atoms with Crippen LogP contribution in [0.15, 0.2) is 239 Å². The Balaban J connectivity index is 0.863. The number of nitrogens with zero attached hydrogens (tertiary/aromatic N) is 4. The summed E-state index contributed by atoms with van der Waals surface area (Å²) in [5.41, 5.74) is 12.9. The fraction of sp³-hybridized carbons (Fsp3) is 0. The Morgan fingerprint density at radius 2 is 0.641 bits per heavy atom. The summed E-state index contributed by atoms with van der Waals surface area (Å²) in [4.78, 5) is 14.8. The van der Waals surface area contributed by atoms with Crippen molar-refractivity contribution in [2.75, 3.05) is 9.80 Å². The maximum absolute atomic E-state index is 6.46. The molecular weight excluding hydrogens is 785 g/mol. The van der Waals surface area contributed by atoms with Crippen molar-refractivity contribution in [3.8, 4) is 34.0 Å². The fourth-order valence-electron chi connectivity index (χ4n) is 8.77.